The molecule has 0 heterocycles. The molecule has 0 unspecified atom stereocenters. The molecule has 0 aliphatic carbocycles. The summed E-state index contributed by atoms with van der Waals surface area (Å²) in [6.07, 6.45) is 0. The highest BCUT2D eigenvalue weighted by Crippen LogP contribution is 2.32. The highest BCUT2D eigenvalue weighted by molar-refractivity contribution is 5.48. The van der Waals surface area contributed by atoms with E-state index in [9.17, 15) is 0 Å². The lowest BCUT2D eigenvalue weighted by molar-refractivity contribution is 0.641. The molecule has 0 radical (unpaired) electrons. The van der Waals surface area contributed by atoms with Gasteiger partial charge in [0.2, 0.25) is 0 Å². The van der Waals surface area contributed by atoms with Crippen LogP contribution in [0, 0.1) is 0 Å². The molecule has 4 heteroatoms. The summed E-state index contributed by atoms with van der Waals surface area (Å²) < 4.78 is 0. The zero-order valence-electron chi connectivity index (χ0n) is 19.5. The number of para-hydroxylation sites is 2. The number of rotatable bonds is 7. The Morgan fingerprint density at radius 3 is 1.18 bits per heavy atom. The third-order valence-corrected chi connectivity index (χ3v) is 5.60. The number of hydrogen-bond donors (Lipinski definition) is 4. The van der Waals surface area contributed by atoms with E-state index in [0.29, 0.717) is 0 Å². The third-order valence-electron chi connectivity index (χ3n) is 5.60. The molecule has 170 valence electrons. The van der Waals surface area contributed by atoms with Crippen molar-refractivity contribution in [3.05, 3.63) is 120 Å². The average Bonchev–Trinajstić information content (AvgIpc) is 2.84. The second kappa shape index (κ2) is 11.6. The van der Waals surface area contributed by atoms with Gasteiger partial charge < -0.3 is 22.1 Å². The van der Waals surface area contributed by atoms with Crippen LogP contribution in [0.2, 0.25) is 0 Å². The van der Waals surface area contributed by atoms with Crippen molar-refractivity contribution in [1.82, 2.24) is 0 Å². The van der Waals surface area contributed by atoms with Crippen LogP contribution >= 0.6 is 0 Å². The van der Waals surface area contributed by atoms with E-state index in [1.807, 2.05) is 60.7 Å². The number of hydrogen-bond acceptors (Lipinski definition) is 4. The van der Waals surface area contributed by atoms with E-state index in [0.717, 1.165) is 35.8 Å². The molecule has 4 aromatic rings. The van der Waals surface area contributed by atoms with Gasteiger partial charge in [-0.3, -0.25) is 0 Å². The highest BCUT2D eigenvalue weighted by atomic mass is 14.9. The molecule has 0 saturated carbocycles. The van der Waals surface area contributed by atoms with Crippen LogP contribution < -0.4 is 22.1 Å². The average molecular weight is 439 g/mol. The van der Waals surface area contributed by atoms with E-state index < -0.39 is 0 Å². The van der Waals surface area contributed by atoms with Gasteiger partial charge in [-0.05, 0) is 59.7 Å². The van der Waals surface area contributed by atoms with Crippen LogP contribution in [0.25, 0.3) is 0 Å². The zero-order valence-corrected chi connectivity index (χ0v) is 19.5. The Morgan fingerprint density at radius 1 is 0.515 bits per heavy atom. The van der Waals surface area contributed by atoms with Crippen LogP contribution in [0.1, 0.15) is 25.0 Å². The van der Waals surface area contributed by atoms with Gasteiger partial charge in [0.1, 0.15) is 0 Å². The van der Waals surface area contributed by atoms with Crippen LogP contribution in [-0.2, 0) is 5.41 Å². The van der Waals surface area contributed by atoms with Gasteiger partial charge in [0.15, 0.2) is 0 Å². The first-order valence-corrected chi connectivity index (χ1v) is 11.2. The van der Waals surface area contributed by atoms with Crippen molar-refractivity contribution in [1.29, 1.82) is 0 Å². The monoisotopic (exact) mass is 438 g/mol. The molecule has 4 nitrogen and oxygen atoms in total. The number of nitrogen functional groups attached to an aromatic ring is 2. The van der Waals surface area contributed by atoms with Gasteiger partial charge in [0.05, 0.1) is 0 Å². The Hall–Kier alpha value is -3.92. The second-order valence-corrected chi connectivity index (χ2v) is 8.45. The molecule has 33 heavy (non-hydrogen) atoms. The lowest BCUT2D eigenvalue weighted by Gasteiger charge is -2.26. The molecule has 0 atom stereocenters. The minimum Gasteiger partial charge on any atom is -0.399 e. The molecular formula is C29H34N4. The molecule has 4 aromatic carbocycles. The molecule has 0 bridgehead atoms. The quantitative estimate of drug-likeness (QED) is 0.199. The molecule has 4 rings (SSSR count). The number of anilines is 4. The second-order valence-electron chi connectivity index (χ2n) is 8.45. The number of nitrogens with one attached hydrogen (secondary N) is 2. The first-order valence-electron chi connectivity index (χ1n) is 11.2. The third kappa shape index (κ3) is 7.32. The van der Waals surface area contributed by atoms with Crippen LogP contribution in [0.4, 0.5) is 22.7 Å². The molecule has 0 saturated heterocycles. The minimum absolute atomic E-state index is 0.0403. The summed E-state index contributed by atoms with van der Waals surface area (Å²) >= 11 is 0. The van der Waals surface area contributed by atoms with Gasteiger partial charge in [-0.15, -0.1) is 0 Å². The van der Waals surface area contributed by atoms with Crippen molar-refractivity contribution in [3.63, 3.8) is 0 Å². The smallest absolute Gasteiger partial charge is 0.0340 e. The summed E-state index contributed by atoms with van der Waals surface area (Å²) in [5, 5.41) is 6.70. The molecule has 0 aliphatic heterocycles. The first kappa shape index (κ1) is 23.7. The van der Waals surface area contributed by atoms with Crippen molar-refractivity contribution in [2.45, 2.75) is 19.3 Å². The topological polar surface area (TPSA) is 76.1 Å². The summed E-state index contributed by atoms with van der Waals surface area (Å²) in [5.74, 6) is 0. The standard InChI is InChI=1S/C15H18N2.C14H16N2/c1-15(2,11-3-7-13(16)8-4-11)12-5-9-14(17)10-6-12;1-3-7-13(8-4-1)15-11-12-16-14-9-5-2-6-10-14/h3-10H,16-17H2,1-2H3;1-10,15-16H,11-12H2. The van der Waals surface area contributed by atoms with Gasteiger partial charge in [0.25, 0.3) is 0 Å². The fraction of sp³-hybridized carbons (Fsp3) is 0.172. The van der Waals surface area contributed by atoms with Crippen molar-refractivity contribution in [3.8, 4) is 0 Å². The summed E-state index contributed by atoms with van der Waals surface area (Å²) in [6, 6.07) is 36.5. The summed E-state index contributed by atoms with van der Waals surface area (Å²) in [4.78, 5) is 0. The molecule has 0 aromatic heterocycles. The number of nitrogens with two attached hydrogens (primary N) is 2. The van der Waals surface area contributed by atoms with Crippen LogP contribution in [0.5, 0.6) is 0 Å². The van der Waals surface area contributed by atoms with Crippen LogP contribution in [-0.4, -0.2) is 13.1 Å². The minimum atomic E-state index is -0.0403. The van der Waals surface area contributed by atoms with Crippen LogP contribution in [0.15, 0.2) is 109 Å². The van der Waals surface area contributed by atoms with E-state index in [1.54, 1.807) is 0 Å². The normalized spacial score (nSPS) is 10.6. The van der Waals surface area contributed by atoms with E-state index in [-0.39, 0.29) is 5.41 Å². The first-order chi connectivity index (χ1) is 15.9. The zero-order chi connectivity index (χ0) is 23.5. The fourth-order valence-electron chi connectivity index (χ4n) is 3.49. The van der Waals surface area contributed by atoms with Crippen LogP contribution in [0.3, 0.4) is 0 Å². The Labute approximate surface area is 197 Å². The molecular weight excluding hydrogens is 404 g/mol. The fourth-order valence-corrected chi connectivity index (χ4v) is 3.49. The van der Waals surface area contributed by atoms with Crippen molar-refractivity contribution >= 4 is 22.7 Å². The molecule has 0 aliphatic rings. The van der Waals surface area contributed by atoms with Gasteiger partial charge in [-0.2, -0.15) is 0 Å². The lowest BCUT2D eigenvalue weighted by atomic mass is 9.78. The Kier molecular flexibility index (Phi) is 8.36. The maximum absolute atomic E-state index is 5.71. The molecule has 0 spiro atoms. The summed E-state index contributed by atoms with van der Waals surface area (Å²) in [6.45, 7) is 6.23. The largest absolute Gasteiger partial charge is 0.399 e. The predicted octanol–water partition coefficient (Wildman–Crippen LogP) is 6.39. The van der Waals surface area contributed by atoms with Crippen molar-refractivity contribution in [2.75, 3.05) is 35.2 Å². The van der Waals surface area contributed by atoms with E-state index in [4.69, 9.17) is 11.5 Å². The van der Waals surface area contributed by atoms with E-state index in [1.165, 1.54) is 11.1 Å². The highest BCUT2D eigenvalue weighted by Gasteiger charge is 2.22. The number of benzene rings is 4. The molecule has 6 N–H and O–H groups in total. The Bertz CT molecular complexity index is 985. The van der Waals surface area contributed by atoms with Gasteiger partial charge >= 0.3 is 0 Å². The van der Waals surface area contributed by atoms with Crippen molar-refractivity contribution < 1.29 is 0 Å². The molecule has 0 fully saturated rings. The molecule has 0 amide bonds. The summed E-state index contributed by atoms with van der Waals surface area (Å²) in [7, 11) is 0. The Morgan fingerprint density at radius 2 is 0.848 bits per heavy atom. The van der Waals surface area contributed by atoms with Gasteiger partial charge in [-0.1, -0.05) is 74.5 Å². The Balaban J connectivity index is 0.000000186. The van der Waals surface area contributed by atoms with Gasteiger partial charge in [0, 0.05) is 41.3 Å². The van der Waals surface area contributed by atoms with Gasteiger partial charge in [-0.25, -0.2) is 0 Å². The maximum atomic E-state index is 5.71. The predicted molar refractivity (Wildman–Crippen MR) is 144 cm³/mol. The van der Waals surface area contributed by atoms with Crippen molar-refractivity contribution in [2.24, 2.45) is 0 Å². The SMILES string of the molecule is CC(C)(c1ccc(N)cc1)c1ccc(N)cc1.c1ccc(NCCNc2ccccc2)cc1. The lowest BCUT2D eigenvalue weighted by Crippen LogP contribution is -2.18. The van der Waals surface area contributed by atoms with E-state index >= 15 is 0 Å². The summed E-state index contributed by atoms with van der Waals surface area (Å²) in [5.41, 5.74) is 17.8. The maximum Gasteiger partial charge on any atom is 0.0340 e. The van der Waals surface area contributed by atoms with E-state index in [2.05, 4.69) is 73.0 Å².